The van der Waals surface area contributed by atoms with Crippen molar-refractivity contribution in [3.05, 3.63) is 76.5 Å². The van der Waals surface area contributed by atoms with Crippen LogP contribution < -0.4 is 14.7 Å². The number of thioether (sulfide) groups is 1. The maximum Gasteiger partial charge on any atom is 0.325 e. The van der Waals surface area contributed by atoms with Gasteiger partial charge in [0.1, 0.15) is 5.76 Å². The Morgan fingerprint density at radius 3 is 2.56 bits per heavy atom. The number of carbonyl (C=O) groups is 1. The molecule has 10 nitrogen and oxygen atoms in total. The van der Waals surface area contributed by atoms with E-state index in [0.29, 0.717) is 28.3 Å². The Kier molecular flexibility index (Phi) is 5.25. The first kappa shape index (κ1) is 21.6. The largest absolute Gasteiger partial charge is 0.854 e. The fourth-order valence-electron chi connectivity index (χ4n) is 4.01. The van der Waals surface area contributed by atoms with Crippen molar-refractivity contribution in [1.29, 1.82) is 0 Å². The van der Waals surface area contributed by atoms with Crippen molar-refractivity contribution in [2.45, 2.75) is 18.2 Å². The molecule has 0 saturated heterocycles. The fraction of sp³-hybridized carbons (Fsp3) is 0.130. The third kappa shape index (κ3) is 3.46. The number of amides is 1. The number of rotatable bonds is 4. The van der Waals surface area contributed by atoms with E-state index in [1.165, 1.54) is 40.4 Å². The van der Waals surface area contributed by atoms with Crippen LogP contribution >= 0.6 is 11.8 Å². The van der Waals surface area contributed by atoms with Crippen molar-refractivity contribution in [3.63, 3.8) is 0 Å². The standard InChI is InChI=1S/C23H17N5O5S/c1-13(29)26-17-6-4-3-5-16(17)20-21(30)24-23(34-2)25-27(20)22(26)19-12-11-18(33-19)14-7-9-15(10-8-14)28(31)32/h3-12,22H,1-2H3. The lowest BCUT2D eigenvalue weighted by atomic mass is 10.0. The number of fused-ring (bicyclic) bond motifs is 3. The topological polar surface area (TPSA) is 129 Å². The minimum Gasteiger partial charge on any atom is -0.854 e. The van der Waals surface area contributed by atoms with Gasteiger partial charge in [0.25, 0.3) is 16.5 Å². The van der Waals surface area contributed by atoms with E-state index in [0.717, 1.165) is 0 Å². The van der Waals surface area contributed by atoms with Gasteiger partial charge in [-0.15, -0.1) is 0 Å². The highest BCUT2D eigenvalue weighted by Gasteiger charge is 2.45. The first-order valence-corrected chi connectivity index (χ1v) is 11.4. The Morgan fingerprint density at radius 2 is 1.88 bits per heavy atom. The lowest BCUT2D eigenvalue weighted by molar-refractivity contribution is -0.765. The summed E-state index contributed by atoms with van der Waals surface area (Å²) in [7, 11) is 0. The number of nitrogens with zero attached hydrogens (tertiary/aromatic N) is 5. The zero-order chi connectivity index (χ0) is 24.0. The Labute approximate surface area is 197 Å². The summed E-state index contributed by atoms with van der Waals surface area (Å²) in [6.07, 6.45) is 0.895. The van der Waals surface area contributed by atoms with Crippen molar-refractivity contribution in [2.24, 2.45) is 0 Å². The quantitative estimate of drug-likeness (QED) is 0.190. The third-order valence-electron chi connectivity index (χ3n) is 5.48. The molecule has 170 valence electrons. The first-order chi connectivity index (χ1) is 16.4. The zero-order valence-electron chi connectivity index (χ0n) is 18.0. The molecule has 4 aromatic rings. The Morgan fingerprint density at radius 1 is 1.15 bits per heavy atom. The van der Waals surface area contributed by atoms with Gasteiger partial charge >= 0.3 is 6.17 Å². The lowest BCUT2D eigenvalue weighted by Crippen LogP contribution is -2.58. The smallest absolute Gasteiger partial charge is 0.325 e. The van der Waals surface area contributed by atoms with Crippen LogP contribution in [-0.4, -0.2) is 27.2 Å². The number of benzene rings is 2. The van der Waals surface area contributed by atoms with Gasteiger partial charge in [0.2, 0.25) is 5.91 Å². The SMILES string of the molecule is CSc1nc([O-])c2[n+](n1)C(c1ccc(-c3ccc([N+](=O)[O-])cc3)o1)N(C(C)=O)c1ccccc1-2. The zero-order valence-corrected chi connectivity index (χ0v) is 18.9. The third-order valence-corrected chi connectivity index (χ3v) is 6.02. The second kappa shape index (κ2) is 8.27. The molecule has 1 unspecified atom stereocenters. The van der Waals surface area contributed by atoms with Crippen LogP contribution in [0.5, 0.6) is 5.88 Å². The molecule has 1 aliphatic heterocycles. The molecule has 0 aliphatic carbocycles. The van der Waals surface area contributed by atoms with Crippen molar-refractivity contribution in [2.75, 3.05) is 11.2 Å². The normalized spacial score (nSPS) is 14.4. The number of hydrogen-bond acceptors (Lipinski definition) is 8. The van der Waals surface area contributed by atoms with E-state index < -0.39 is 17.0 Å². The molecule has 5 rings (SSSR count). The van der Waals surface area contributed by atoms with Crippen LogP contribution in [0.15, 0.2) is 70.2 Å². The van der Waals surface area contributed by atoms with Crippen LogP contribution in [0.3, 0.4) is 0 Å². The van der Waals surface area contributed by atoms with E-state index in [1.807, 2.05) is 0 Å². The highest BCUT2D eigenvalue weighted by molar-refractivity contribution is 7.98. The van der Waals surface area contributed by atoms with Crippen molar-refractivity contribution in [3.8, 4) is 28.5 Å². The van der Waals surface area contributed by atoms with Gasteiger partial charge in [-0.1, -0.05) is 23.9 Å². The second-order valence-corrected chi connectivity index (χ2v) is 8.26. The molecule has 0 N–H and O–H groups in total. The molecule has 0 spiro atoms. The molecule has 0 radical (unpaired) electrons. The fourth-order valence-corrected chi connectivity index (χ4v) is 4.36. The molecule has 34 heavy (non-hydrogen) atoms. The van der Waals surface area contributed by atoms with Gasteiger partial charge in [0.15, 0.2) is 5.76 Å². The average Bonchev–Trinajstić information content (AvgIpc) is 3.32. The van der Waals surface area contributed by atoms with E-state index in [1.54, 1.807) is 54.8 Å². The Balaban J connectivity index is 1.69. The molecule has 3 heterocycles. The van der Waals surface area contributed by atoms with Crippen LogP contribution in [0.2, 0.25) is 0 Å². The predicted octanol–water partition coefficient (Wildman–Crippen LogP) is 3.31. The van der Waals surface area contributed by atoms with E-state index in [-0.39, 0.29) is 22.4 Å². The maximum atomic E-state index is 13.0. The summed E-state index contributed by atoms with van der Waals surface area (Å²) in [6, 6.07) is 16.4. The second-order valence-electron chi connectivity index (χ2n) is 7.48. The number of hydrogen-bond donors (Lipinski definition) is 0. The summed E-state index contributed by atoms with van der Waals surface area (Å²) in [5.74, 6) is 0.105. The predicted molar refractivity (Wildman–Crippen MR) is 121 cm³/mol. The number of para-hydroxylation sites is 1. The number of nitro groups is 1. The van der Waals surface area contributed by atoms with Gasteiger partial charge in [0.05, 0.1) is 22.1 Å². The molecule has 0 bridgehead atoms. The molecular weight excluding hydrogens is 458 g/mol. The summed E-state index contributed by atoms with van der Waals surface area (Å²) in [4.78, 5) is 28.9. The van der Waals surface area contributed by atoms with Crippen molar-refractivity contribution in [1.82, 2.24) is 10.1 Å². The van der Waals surface area contributed by atoms with Crippen LogP contribution in [0.1, 0.15) is 18.8 Å². The monoisotopic (exact) mass is 475 g/mol. The summed E-state index contributed by atoms with van der Waals surface area (Å²) in [5, 5.41) is 28.8. The van der Waals surface area contributed by atoms with Gasteiger partial charge in [-0.05, 0) is 47.3 Å². The molecular formula is C23H17N5O5S. The molecule has 0 saturated carbocycles. The molecule has 1 aliphatic rings. The molecule has 0 fully saturated rings. The van der Waals surface area contributed by atoms with Crippen molar-refractivity contribution >= 4 is 29.0 Å². The first-order valence-electron chi connectivity index (χ1n) is 10.2. The molecule has 2 aromatic heterocycles. The van der Waals surface area contributed by atoms with Crippen molar-refractivity contribution < 1.29 is 23.9 Å². The van der Waals surface area contributed by atoms with Gasteiger partial charge in [-0.2, -0.15) is 0 Å². The van der Waals surface area contributed by atoms with E-state index in [4.69, 9.17) is 4.42 Å². The number of carbonyl (C=O) groups excluding carboxylic acids is 1. The summed E-state index contributed by atoms with van der Waals surface area (Å²) < 4.78 is 7.60. The number of nitro benzene ring substituents is 1. The number of furan rings is 1. The number of non-ortho nitro benzene ring substituents is 1. The minimum absolute atomic E-state index is 0.0316. The minimum atomic E-state index is -0.865. The summed E-state index contributed by atoms with van der Waals surface area (Å²) in [6.45, 7) is 1.43. The summed E-state index contributed by atoms with van der Waals surface area (Å²) >= 11 is 1.22. The number of aromatic nitrogens is 3. The summed E-state index contributed by atoms with van der Waals surface area (Å²) in [5.41, 5.74) is 1.95. The maximum absolute atomic E-state index is 13.0. The average molecular weight is 475 g/mol. The lowest BCUT2D eigenvalue weighted by Gasteiger charge is -2.31. The molecule has 2 aromatic carbocycles. The van der Waals surface area contributed by atoms with E-state index in [9.17, 15) is 20.0 Å². The van der Waals surface area contributed by atoms with Crippen LogP contribution in [0, 0.1) is 10.1 Å². The van der Waals surface area contributed by atoms with Gasteiger partial charge in [0, 0.05) is 29.7 Å². The van der Waals surface area contributed by atoms with Crippen LogP contribution in [-0.2, 0) is 4.79 Å². The highest BCUT2D eigenvalue weighted by Crippen LogP contribution is 2.41. The highest BCUT2D eigenvalue weighted by atomic mass is 32.2. The van der Waals surface area contributed by atoms with Crippen LogP contribution in [0.4, 0.5) is 11.4 Å². The van der Waals surface area contributed by atoms with Crippen LogP contribution in [0.25, 0.3) is 22.6 Å². The van der Waals surface area contributed by atoms with Gasteiger partial charge in [-0.3, -0.25) is 14.9 Å². The molecule has 1 amide bonds. The molecule has 11 heteroatoms. The Hall–Kier alpha value is -4.25. The molecule has 1 atom stereocenters. The number of anilines is 1. The van der Waals surface area contributed by atoms with Gasteiger partial charge < -0.3 is 9.52 Å². The van der Waals surface area contributed by atoms with Gasteiger partial charge in [-0.25, -0.2) is 9.88 Å². The van der Waals surface area contributed by atoms with E-state index in [2.05, 4.69) is 10.1 Å². The Bertz CT molecular complexity index is 1440. The van der Waals surface area contributed by atoms with E-state index >= 15 is 0 Å².